The molecule has 1 aliphatic carbocycles. The number of benzene rings is 1. The third kappa shape index (κ3) is 1.99. The van der Waals surface area contributed by atoms with Crippen LogP contribution in [-0.4, -0.2) is 5.78 Å². The van der Waals surface area contributed by atoms with Gasteiger partial charge in [-0.05, 0) is 31.4 Å². The molecule has 0 spiro atoms. The Hall–Kier alpha value is -1.28. The van der Waals surface area contributed by atoms with Crippen LogP contribution in [0.15, 0.2) is 28.7 Å². The van der Waals surface area contributed by atoms with Crippen LogP contribution in [0.2, 0.25) is 5.02 Å². The fraction of sp³-hybridized carbons (Fsp3) is 0.438. The average Bonchev–Trinajstić information content (AvgIpc) is 3.06. The number of carbonyl (C=O) groups excluding carboxylic acids is 1. The third-order valence-corrected chi connectivity index (χ3v) is 4.74. The maximum Gasteiger partial charge on any atom is 0.204 e. The Bertz CT molecular complexity index is 621. The molecule has 2 nitrogen and oxygen atoms in total. The van der Waals surface area contributed by atoms with Crippen molar-refractivity contribution in [3.05, 3.63) is 35.0 Å². The van der Waals surface area contributed by atoms with Gasteiger partial charge in [-0.15, -0.1) is 0 Å². The molecular formula is C16H17ClO2. The molecule has 1 saturated carbocycles. The van der Waals surface area contributed by atoms with Crippen LogP contribution in [0.1, 0.15) is 49.6 Å². The molecule has 0 amide bonds. The highest BCUT2D eigenvalue weighted by molar-refractivity contribution is 6.34. The van der Waals surface area contributed by atoms with Crippen LogP contribution in [0.5, 0.6) is 0 Å². The molecule has 0 N–H and O–H groups in total. The van der Waals surface area contributed by atoms with Gasteiger partial charge in [0.25, 0.3) is 0 Å². The van der Waals surface area contributed by atoms with Crippen LogP contribution in [0.3, 0.4) is 0 Å². The molecule has 3 rings (SSSR count). The maximum atomic E-state index is 12.7. The van der Waals surface area contributed by atoms with Crippen molar-refractivity contribution in [1.29, 1.82) is 0 Å². The molecule has 1 aliphatic rings. The summed E-state index contributed by atoms with van der Waals surface area (Å²) in [5.41, 5.74) is 0.414. The zero-order valence-corrected chi connectivity index (χ0v) is 11.8. The Morgan fingerprint density at radius 3 is 2.74 bits per heavy atom. The van der Waals surface area contributed by atoms with E-state index in [-0.39, 0.29) is 11.2 Å². The number of ketones is 1. The van der Waals surface area contributed by atoms with Crippen LogP contribution in [0.25, 0.3) is 11.0 Å². The lowest BCUT2D eigenvalue weighted by Gasteiger charge is -2.24. The van der Waals surface area contributed by atoms with Crippen LogP contribution in [0, 0.1) is 5.41 Å². The summed E-state index contributed by atoms with van der Waals surface area (Å²) in [6.45, 7) is 2.10. The van der Waals surface area contributed by atoms with Crippen molar-refractivity contribution in [2.75, 3.05) is 0 Å². The van der Waals surface area contributed by atoms with E-state index >= 15 is 0 Å². The molecule has 3 heteroatoms. The van der Waals surface area contributed by atoms with E-state index in [0.717, 1.165) is 37.5 Å². The molecule has 19 heavy (non-hydrogen) atoms. The molecule has 2 aromatic rings. The number of carbonyl (C=O) groups is 1. The third-order valence-electron chi connectivity index (χ3n) is 4.44. The number of Topliss-reactive ketones (excluding diaryl/α,β-unsaturated/α-hetero) is 1. The van der Waals surface area contributed by atoms with Gasteiger partial charge in [0.05, 0.1) is 5.02 Å². The minimum Gasteiger partial charge on any atom is -0.451 e. The van der Waals surface area contributed by atoms with E-state index in [1.54, 1.807) is 6.07 Å². The van der Waals surface area contributed by atoms with E-state index in [1.165, 1.54) is 0 Å². The predicted molar refractivity (Wildman–Crippen MR) is 76.7 cm³/mol. The summed E-state index contributed by atoms with van der Waals surface area (Å²) in [5, 5.41) is 1.47. The quantitative estimate of drug-likeness (QED) is 0.718. The molecule has 0 aliphatic heterocycles. The molecule has 1 fully saturated rings. The molecular weight excluding hydrogens is 260 g/mol. The number of para-hydroxylation sites is 1. The van der Waals surface area contributed by atoms with Gasteiger partial charge in [-0.1, -0.05) is 43.5 Å². The summed E-state index contributed by atoms with van der Waals surface area (Å²) < 4.78 is 5.72. The summed E-state index contributed by atoms with van der Waals surface area (Å²) in [7, 11) is 0. The van der Waals surface area contributed by atoms with Crippen LogP contribution in [0.4, 0.5) is 0 Å². The second-order valence-corrected chi connectivity index (χ2v) is 5.85. The topological polar surface area (TPSA) is 30.2 Å². The summed E-state index contributed by atoms with van der Waals surface area (Å²) in [6.07, 6.45) is 5.12. The van der Waals surface area contributed by atoms with Gasteiger partial charge in [0, 0.05) is 10.8 Å². The molecule has 1 aromatic carbocycles. The summed E-state index contributed by atoms with van der Waals surface area (Å²) in [5.74, 6) is 0.617. The van der Waals surface area contributed by atoms with E-state index in [2.05, 4.69) is 6.92 Å². The van der Waals surface area contributed by atoms with E-state index in [9.17, 15) is 4.79 Å². The Labute approximate surface area is 117 Å². The van der Waals surface area contributed by atoms with Crippen LogP contribution < -0.4 is 0 Å². The van der Waals surface area contributed by atoms with Crippen LogP contribution >= 0.6 is 11.6 Å². The second-order valence-electron chi connectivity index (χ2n) is 5.44. The van der Waals surface area contributed by atoms with Crippen LogP contribution in [-0.2, 0) is 0 Å². The highest BCUT2D eigenvalue weighted by Crippen LogP contribution is 2.44. The molecule has 0 unspecified atom stereocenters. The fourth-order valence-corrected chi connectivity index (χ4v) is 3.41. The first kappa shape index (κ1) is 12.7. The number of hydrogen-bond donors (Lipinski definition) is 0. The van der Waals surface area contributed by atoms with Gasteiger partial charge < -0.3 is 4.42 Å². The minimum absolute atomic E-state index is 0.153. The van der Waals surface area contributed by atoms with E-state index in [1.807, 2.05) is 18.2 Å². The molecule has 0 bridgehead atoms. The van der Waals surface area contributed by atoms with Crippen molar-refractivity contribution in [3.63, 3.8) is 0 Å². The van der Waals surface area contributed by atoms with Crippen molar-refractivity contribution in [2.45, 2.75) is 39.0 Å². The van der Waals surface area contributed by atoms with Crippen molar-refractivity contribution >= 4 is 28.4 Å². The molecule has 100 valence electrons. The molecule has 0 atom stereocenters. The monoisotopic (exact) mass is 276 g/mol. The average molecular weight is 277 g/mol. The van der Waals surface area contributed by atoms with Crippen molar-refractivity contribution in [3.8, 4) is 0 Å². The number of fused-ring (bicyclic) bond motifs is 1. The number of furan rings is 1. The van der Waals surface area contributed by atoms with Crippen molar-refractivity contribution in [2.24, 2.45) is 5.41 Å². The molecule has 1 aromatic heterocycles. The molecule has 1 heterocycles. The smallest absolute Gasteiger partial charge is 0.204 e. The van der Waals surface area contributed by atoms with Gasteiger partial charge in [-0.2, -0.15) is 0 Å². The number of rotatable bonds is 3. The van der Waals surface area contributed by atoms with E-state index in [0.29, 0.717) is 16.4 Å². The van der Waals surface area contributed by atoms with Gasteiger partial charge in [0.15, 0.2) is 11.3 Å². The Kier molecular flexibility index (Phi) is 3.14. The van der Waals surface area contributed by atoms with Crippen molar-refractivity contribution < 1.29 is 9.21 Å². The first-order valence-electron chi connectivity index (χ1n) is 6.89. The largest absolute Gasteiger partial charge is 0.451 e. The first-order valence-corrected chi connectivity index (χ1v) is 7.27. The maximum absolute atomic E-state index is 12.7. The highest BCUT2D eigenvalue weighted by Gasteiger charge is 2.41. The molecule has 0 saturated heterocycles. The highest BCUT2D eigenvalue weighted by atomic mass is 35.5. The van der Waals surface area contributed by atoms with Gasteiger partial charge in [0.2, 0.25) is 5.78 Å². The number of halogens is 1. The minimum atomic E-state index is -0.208. The Morgan fingerprint density at radius 2 is 2.11 bits per heavy atom. The van der Waals surface area contributed by atoms with Gasteiger partial charge in [-0.25, -0.2) is 0 Å². The summed E-state index contributed by atoms with van der Waals surface area (Å²) in [4.78, 5) is 12.7. The predicted octanol–water partition coefficient (Wildman–Crippen LogP) is 5.24. The lowest BCUT2D eigenvalue weighted by Crippen LogP contribution is -2.26. The van der Waals surface area contributed by atoms with Gasteiger partial charge >= 0.3 is 0 Å². The lowest BCUT2D eigenvalue weighted by molar-refractivity contribution is 0.0762. The summed E-state index contributed by atoms with van der Waals surface area (Å²) in [6, 6.07) is 7.42. The second kappa shape index (κ2) is 4.68. The Balaban J connectivity index is 2.04. The van der Waals surface area contributed by atoms with Gasteiger partial charge in [-0.3, -0.25) is 4.79 Å². The summed E-state index contributed by atoms with van der Waals surface area (Å²) >= 11 is 6.10. The standard InChI is InChI=1S/C16H17ClO2/c1-2-16(8-3-4-9-16)15(18)13-10-11-6-5-7-12(17)14(11)19-13/h5-7,10H,2-4,8-9H2,1H3. The normalized spacial score (nSPS) is 18.0. The Morgan fingerprint density at radius 1 is 1.37 bits per heavy atom. The van der Waals surface area contributed by atoms with E-state index in [4.69, 9.17) is 16.0 Å². The zero-order valence-electron chi connectivity index (χ0n) is 11.0. The van der Waals surface area contributed by atoms with Crippen molar-refractivity contribution in [1.82, 2.24) is 0 Å². The lowest BCUT2D eigenvalue weighted by atomic mass is 9.78. The first-order chi connectivity index (χ1) is 9.16. The SMILES string of the molecule is CCC1(C(=O)c2cc3cccc(Cl)c3o2)CCCC1. The molecule has 0 radical (unpaired) electrons. The number of hydrogen-bond acceptors (Lipinski definition) is 2. The fourth-order valence-electron chi connectivity index (χ4n) is 3.19. The zero-order chi connectivity index (χ0) is 13.5. The van der Waals surface area contributed by atoms with E-state index < -0.39 is 0 Å². The van der Waals surface area contributed by atoms with Gasteiger partial charge in [0.1, 0.15) is 0 Å².